The Morgan fingerprint density at radius 3 is 2.75 bits per heavy atom. The Balaban J connectivity index is 1.66. The van der Waals surface area contributed by atoms with Crippen molar-refractivity contribution < 1.29 is 4.21 Å². The van der Waals surface area contributed by atoms with Crippen LogP contribution in [0.25, 0.3) is 0 Å². The van der Waals surface area contributed by atoms with E-state index in [2.05, 4.69) is 10.00 Å². The van der Waals surface area contributed by atoms with E-state index in [1.54, 1.807) is 0 Å². The molecule has 1 saturated heterocycles. The fourth-order valence-electron chi connectivity index (χ4n) is 1.86. The lowest BCUT2D eigenvalue weighted by Crippen LogP contribution is -2.38. The highest BCUT2D eigenvalue weighted by Gasteiger charge is 2.14. The highest BCUT2D eigenvalue weighted by atomic mass is 32.2. The van der Waals surface area contributed by atoms with Crippen LogP contribution >= 0.6 is 0 Å². The minimum atomic E-state index is -0.575. The Bertz CT molecular complexity index is 355. The molecule has 6 heteroatoms. The van der Waals surface area contributed by atoms with Crippen molar-refractivity contribution in [2.75, 3.05) is 36.9 Å². The minimum Gasteiger partial charge on any atom is -0.382 e. The van der Waals surface area contributed by atoms with E-state index in [-0.39, 0.29) is 0 Å². The molecule has 1 aromatic heterocycles. The molecule has 1 aromatic rings. The van der Waals surface area contributed by atoms with Crippen LogP contribution in [0.15, 0.2) is 12.3 Å². The zero-order valence-corrected chi connectivity index (χ0v) is 10.2. The Hall–Kier alpha value is -0.880. The first-order chi connectivity index (χ1) is 7.74. The SMILES string of the molecule is Nc1ccn(CCCN2CCS(=O)CC2)n1. The number of aryl methyl sites for hydroxylation is 1. The summed E-state index contributed by atoms with van der Waals surface area (Å²) in [5, 5.41) is 4.13. The first kappa shape index (κ1) is 11.6. The summed E-state index contributed by atoms with van der Waals surface area (Å²) in [5.74, 6) is 2.23. The molecule has 0 aliphatic carbocycles. The summed E-state index contributed by atoms with van der Waals surface area (Å²) >= 11 is 0. The first-order valence-corrected chi connectivity index (χ1v) is 7.09. The van der Waals surface area contributed by atoms with Gasteiger partial charge < -0.3 is 10.6 Å². The summed E-state index contributed by atoms with van der Waals surface area (Å²) in [5.41, 5.74) is 5.53. The number of nitrogen functional groups attached to an aromatic ring is 1. The van der Waals surface area contributed by atoms with E-state index < -0.39 is 10.8 Å². The number of nitrogens with two attached hydrogens (primary N) is 1. The maximum atomic E-state index is 11.2. The third-order valence-electron chi connectivity index (χ3n) is 2.79. The standard InChI is InChI=1S/C10H18N4OS/c11-10-2-5-14(12-10)4-1-3-13-6-8-16(15)9-7-13/h2,5H,1,3-4,6-9H2,(H2,11,12). The molecule has 90 valence electrons. The molecule has 2 N–H and O–H groups in total. The monoisotopic (exact) mass is 242 g/mol. The van der Waals surface area contributed by atoms with E-state index in [9.17, 15) is 4.21 Å². The molecule has 2 rings (SSSR count). The van der Waals surface area contributed by atoms with E-state index in [4.69, 9.17) is 5.73 Å². The lowest BCUT2D eigenvalue weighted by atomic mass is 10.3. The van der Waals surface area contributed by atoms with Crippen LogP contribution in [0.2, 0.25) is 0 Å². The lowest BCUT2D eigenvalue weighted by Gasteiger charge is -2.25. The van der Waals surface area contributed by atoms with Gasteiger partial charge in [-0.15, -0.1) is 0 Å². The van der Waals surface area contributed by atoms with Gasteiger partial charge in [-0.05, 0) is 19.0 Å². The zero-order valence-electron chi connectivity index (χ0n) is 9.34. The van der Waals surface area contributed by atoms with Crippen LogP contribution in [-0.4, -0.2) is 50.0 Å². The molecule has 2 heterocycles. The van der Waals surface area contributed by atoms with Crippen LogP contribution in [0.1, 0.15) is 6.42 Å². The zero-order chi connectivity index (χ0) is 11.4. The van der Waals surface area contributed by atoms with E-state index in [0.29, 0.717) is 5.82 Å². The average Bonchev–Trinajstić information content (AvgIpc) is 2.67. The van der Waals surface area contributed by atoms with Crippen molar-refractivity contribution in [3.8, 4) is 0 Å². The quantitative estimate of drug-likeness (QED) is 0.802. The van der Waals surface area contributed by atoms with Crippen molar-refractivity contribution in [1.82, 2.24) is 14.7 Å². The molecule has 16 heavy (non-hydrogen) atoms. The summed E-state index contributed by atoms with van der Waals surface area (Å²) in [6.45, 7) is 3.88. The summed E-state index contributed by atoms with van der Waals surface area (Å²) in [4.78, 5) is 2.37. The van der Waals surface area contributed by atoms with Crippen molar-refractivity contribution in [2.24, 2.45) is 0 Å². The lowest BCUT2D eigenvalue weighted by molar-refractivity contribution is 0.287. The highest BCUT2D eigenvalue weighted by molar-refractivity contribution is 7.85. The van der Waals surface area contributed by atoms with Gasteiger partial charge in [0, 0.05) is 48.1 Å². The first-order valence-electron chi connectivity index (χ1n) is 5.60. The van der Waals surface area contributed by atoms with Crippen LogP contribution in [-0.2, 0) is 17.3 Å². The third kappa shape index (κ3) is 3.31. The minimum absolute atomic E-state index is 0.575. The normalized spacial score (nSPS) is 19.0. The van der Waals surface area contributed by atoms with Crippen molar-refractivity contribution >= 4 is 16.6 Å². The fourth-order valence-corrected chi connectivity index (χ4v) is 2.99. The van der Waals surface area contributed by atoms with Gasteiger partial charge in [0.25, 0.3) is 0 Å². The molecule has 1 aliphatic rings. The van der Waals surface area contributed by atoms with Gasteiger partial charge in [0.1, 0.15) is 5.82 Å². The van der Waals surface area contributed by atoms with Gasteiger partial charge in [0.2, 0.25) is 0 Å². The molecular weight excluding hydrogens is 224 g/mol. The fraction of sp³-hybridized carbons (Fsp3) is 0.700. The second-order valence-corrected chi connectivity index (χ2v) is 5.74. The van der Waals surface area contributed by atoms with E-state index in [0.717, 1.165) is 44.1 Å². The summed E-state index contributed by atoms with van der Waals surface area (Å²) in [7, 11) is -0.575. The van der Waals surface area contributed by atoms with Crippen LogP contribution in [0, 0.1) is 0 Å². The molecule has 0 saturated carbocycles. The molecule has 5 nitrogen and oxygen atoms in total. The molecule has 0 atom stereocenters. The van der Waals surface area contributed by atoms with E-state index in [1.807, 2.05) is 16.9 Å². The van der Waals surface area contributed by atoms with Gasteiger partial charge in [-0.3, -0.25) is 8.89 Å². The second kappa shape index (κ2) is 5.45. The highest BCUT2D eigenvalue weighted by Crippen LogP contribution is 2.02. The van der Waals surface area contributed by atoms with Gasteiger partial charge >= 0.3 is 0 Å². The van der Waals surface area contributed by atoms with Gasteiger partial charge in [-0.2, -0.15) is 5.10 Å². The molecule has 1 fully saturated rings. The van der Waals surface area contributed by atoms with Crippen molar-refractivity contribution in [3.63, 3.8) is 0 Å². The van der Waals surface area contributed by atoms with Crippen LogP contribution in [0.4, 0.5) is 5.82 Å². The van der Waals surface area contributed by atoms with Crippen molar-refractivity contribution in [3.05, 3.63) is 12.3 Å². The number of nitrogens with zero attached hydrogens (tertiary/aromatic N) is 3. The predicted molar refractivity (Wildman–Crippen MR) is 65.6 cm³/mol. The summed E-state index contributed by atoms with van der Waals surface area (Å²) in [6.07, 6.45) is 2.97. The molecule has 1 aliphatic heterocycles. The Morgan fingerprint density at radius 2 is 2.12 bits per heavy atom. The number of hydrogen-bond donors (Lipinski definition) is 1. The van der Waals surface area contributed by atoms with Gasteiger partial charge in [-0.1, -0.05) is 0 Å². The van der Waals surface area contributed by atoms with Gasteiger partial charge in [-0.25, -0.2) is 0 Å². The maximum Gasteiger partial charge on any atom is 0.145 e. The summed E-state index contributed by atoms with van der Waals surface area (Å²) < 4.78 is 13.0. The largest absolute Gasteiger partial charge is 0.382 e. The third-order valence-corrected chi connectivity index (χ3v) is 4.07. The van der Waals surface area contributed by atoms with Crippen LogP contribution in [0.3, 0.4) is 0 Å². The maximum absolute atomic E-state index is 11.2. The van der Waals surface area contributed by atoms with Crippen LogP contribution < -0.4 is 5.73 Å². The number of rotatable bonds is 4. The average molecular weight is 242 g/mol. The van der Waals surface area contributed by atoms with E-state index >= 15 is 0 Å². The van der Waals surface area contributed by atoms with E-state index in [1.165, 1.54) is 0 Å². The van der Waals surface area contributed by atoms with Gasteiger partial charge in [0.15, 0.2) is 0 Å². The molecule has 0 unspecified atom stereocenters. The topological polar surface area (TPSA) is 64.2 Å². The summed E-state index contributed by atoms with van der Waals surface area (Å²) in [6, 6.07) is 1.81. The number of aromatic nitrogens is 2. The Kier molecular flexibility index (Phi) is 3.95. The molecule has 0 spiro atoms. The molecule has 0 amide bonds. The van der Waals surface area contributed by atoms with Crippen molar-refractivity contribution in [2.45, 2.75) is 13.0 Å². The Labute approximate surface area is 98.1 Å². The smallest absolute Gasteiger partial charge is 0.145 e. The predicted octanol–water partition coefficient (Wildman–Crippen LogP) is -0.0803. The van der Waals surface area contributed by atoms with Crippen LogP contribution in [0.5, 0.6) is 0 Å². The molecule has 0 bridgehead atoms. The molecule has 0 radical (unpaired) electrons. The number of hydrogen-bond acceptors (Lipinski definition) is 4. The molecular formula is C10H18N4OS. The Morgan fingerprint density at radius 1 is 1.38 bits per heavy atom. The second-order valence-electron chi connectivity index (χ2n) is 4.05. The van der Waals surface area contributed by atoms with Gasteiger partial charge in [0.05, 0.1) is 0 Å². The van der Waals surface area contributed by atoms with Crippen molar-refractivity contribution in [1.29, 1.82) is 0 Å². The number of anilines is 1. The molecule has 0 aromatic carbocycles.